The van der Waals surface area contributed by atoms with Gasteiger partial charge in [-0.05, 0) is 51.0 Å². The lowest BCUT2D eigenvalue weighted by Gasteiger charge is -2.22. The third kappa shape index (κ3) is 7.47. The first-order valence-corrected chi connectivity index (χ1v) is 8.84. The Labute approximate surface area is 151 Å². The summed E-state index contributed by atoms with van der Waals surface area (Å²) in [5.74, 6) is -0.884. The number of nitrogens with one attached hydrogen (secondary N) is 1. The van der Waals surface area contributed by atoms with Gasteiger partial charge in [-0.2, -0.15) is 11.8 Å². The van der Waals surface area contributed by atoms with Crippen molar-refractivity contribution in [2.75, 3.05) is 5.75 Å². The summed E-state index contributed by atoms with van der Waals surface area (Å²) in [6.45, 7) is 6.97. The number of nitrogens with two attached hydrogens (primary N) is 1. The molecule has 4 N–H and O–H groups in total. The highest BCUT2D eigenvalue weighted by Crippen LogP contribution is 2.18. The zero-order valence-corrected chi connectivity index (χ0v) is 15.6. The van der Waals surface area contributed by atoms with Crippen LogP contribution in [0.1, 0.15) is 42.3 Å². The number of ether oxygens (including phenoxy) is 1. The molecule has 1 aromatic rings. The molecule has 0 heterocycles. The van der Waals surface area contributed by atoms with Crippen LogP contribution >= 0.6 is 11.8 Å². The molecule has 25 heavy (non-hydrogen) atoms. The minimum atomic E-state index is -1.13. The van der Waals surface area contributed by atoms with Crippen molar-refractivity contribution in [3.05, 3.63) is 34.9 Å². The third-order valence-electron chi connectivity index (χ3n) is 3.16. The lowest BCUT2D eigenvalue weighted by atomic mass is 10.1. The number of hydrogen-bond acceptors (Lipinski definition) is 5. The van der Waals surface area contributed by atoms with Gasteiger partial charge in [0.15, 0.2) is 0 Å². The summed E-state index contributed by atoms with van der Waals surface area (Å²) in [7, 11) is 0. The fraction of sp³-hybridized carbons (Fsp3) is 0.471. The summed E-state index contributed by atoms with van der Waals surface area (Å²) in [6.07, 6.45) is -0.762. The van der Waals surface area contributed by atoms with Gasteiger partial charge in [0.05, 0.1) is 0 Å². The third-order valence-corrected chi connectivity index (χ3v) is 4.24. The standard InChI is InChI=1S/C17H24N2O5S/c1-10-7-11(14(18)20)5-6-12(10)8-25-9-13(15(21)22)19-16(23)24-17(2,3)4/h5-7,13H,8-9H2,1-4H3,(H2,18,20)(H,19,23)(H,21,22). The molecule has 1 rings (SSSR count). The van der Waals surface area contributed by atoms with Crippen molar-refractivity contribution >= 4 is 29.7 Å². The Kier molecular flexibility index (Phi) is 7.29. The average molecular weight is 368 g/mol. The maximum absolute atomic E-state index is 11.7. The number of carbonyl (C=O) groups excluding carboxylic acids is 2. The number of aliphatic carboxylic acids is 1. The highest BCUT2D eigenvalue weighted by molar-refractivity contribution is 7.98. The zero-order chi connectivity index (χ0) is 19.2. The Morgan fingerprint density at radius 2 is 1.96 bits per heavy atom. The van der Waals surface area contributed by atoms with Crippen LogP contribution in [0.15, 0.2) is 18.2 Å². The number of benzene rings is 1. The zero-order valence-electron chi connectivity index (χ0n) is 14.8. The van der Waals surface area contributed by atoms with Crippen LogP contribution in [0, 0.1) is 6.92 Å². The molecule has 7 nitrogen and oxygen atoms in total. The van der Waals surface area contributed by atoms with Gasteiger partial charge in [-0.3, -0.25) is 4.79 Å². The second-order valence-corrected chi connectivity index (χ2v) is 7.59. The van der Waals surface area contributed by atoms with Gasteiger partial charge in [-0.1, -0.05) is 6.07 Å². The van der Waals surface area contributed by atoms with E-state index in [1.165, 1.54) is 11.8 Å². The normalized spacial score (nSPS) is 12.3. The predicted octanol–water partition coefficient (Wildman–Crippen LogP) is 2.31. The Morgan fingerprint density at radius 1 is 1.32 bits per heavy atom. The molecule has 0 bridgehead atoms. The van der Waals surface area contributed by atoms with Crippen molar-refractivity contribution < 1.29 is 24.2 Å². The van der Waals surface area contributed by atoms with Crippen molar-refractivity contribution in [1.29, 1.82) is 0 Å². The van der Waals surface area contributed by atoms with Crippen molar-refractivity contribution in [2.45, 2.75) is 45.1 Å². The first kappa shape index (κ1) is 20.8. The lowest BCUT2D eigenvalue weighted by Crippen LogP contribution is -2.44. The number of hydrogen-bond donors (Lipinski definition) is 3. The number of carbonyl (C=O) groups is 3. The number of rotatable bonds is 7. The van der Waals surface area contributed by atoms with E-state index in [2.05, 4.69) is 5.32 Å². The molecule has 0 saturated heterocycles. The molecule has 8 heteroatoms. The molecule has 0 fully saturated rings. The SMILES string of the molecule is Cc1cc(C(N)=O)ccc1CSCC(NC(=O)OC(C)(C)C)C(=O)O. The molecule has 0 radical (unpaired) electrons. The Balaban J connectivity index is 2.60. The molecular formula is C17H24N2O5S. The summed E-state index contributed by atoms with van der Waals surface area (Å²) in [5.41, 5.74) is 6.84. The number of thioether (sulfide) groups is 1. The molecule has 0 saturated carbocycles. The van der Waals surface area contributed by atoms with Crippen LogP contribution in [-0.2, 0) is 15.3 Å². The molecule has 0 spiro atoms. The van der Waals surface area contributed by atoms with E-state index in [1.54, 1.807) is 39.0 Å². The Bertz CT molecular complexity index is 655. The molecule has 2 amide bonds. The topological polar surface area (TPSA) is 119 Å². The highest BCUT2D eigenvalue weighted by Gasteiger charge is 2.23. The number of amides is 2. The summed E-state index contributed by atoms with van der Waals surface area (Å²) >= 11 is 1.36. The first-order valence-electron chi connectivity index (χ1n) is 7.69. The second-order valence-electron chi connectivity index (χ2n) is 6.56. The number of carboxylic acid groups (broad SMARTS) is 1. The number of aryl methyl sites for hydroxylation is 1. The monoisotopic (exact) mass is 368 g/mol. The number of carboxylic acids is 1. The second kappa shape index (κ2) is 8.75. The quantitative estimate of drug-likeness (QED) is 0.679. The fourth-order valence-corrected chi connectivity index (χ4v) is 3.05. The Morgan fingerprint density at radius 3 is 2.44 bits per heavy atom. The molecule has 1 aromatic carbocycles. The molecule has 0 aromatic heterocycles. The first-order chi connectivity index (χ1) is 11.5. The highest BCUT2D eigenvalue weighted by atomic mass is 32.2. The molecule has 138 valence electrons. The fourth-order valence-electron chi connectivity index (χ4n) is 1.92. The molecule has 0 aliphatic heterocycles. The maximum atomic E-state index is 11.7. The van der Waals surface area contributed by atoms with Gasteiger partial charge in [0.25, 0.3) is 0 Å². The van der Waals surface area contributed by atoms with E-state index < -0.39 is 29.6 Å². The molecule has 1 unspecified atom stereocenters. The molecule has 0 aliphatic rings. The van der Waals surface area contributed by atoms with Gasteiger partial charge in [0.1, 0.15) is 11.6 Å². The summed E-state index contributed by atoms with van der Waals surface area (Å²) in [4.78, 5) is 34.2. The van der Waals surface area contributed by atoms with Crippen LogP contribution in [-0.4, -0.2) is 40.5 Å². The van der Waals surface area contributed by atoms with E-state index >= 15 is 0 Å². The van der Waals surface area contributed by atoms with E-state index in [1.807, 2.05) is 6.92 Å². The molecule has 0 aliphatic carbocycles. The van der Waals surface area contributed by atoms with Crippen LogP contribution in [0.4, 0.5) is 4.79 Å². The van der Waals surface area contributed by atoms with E-state index in [9.17, 15) is 19.5 Å². The van der Waals surface area contributed by atoms with Gasteiger partial charge < -0.3 is 20.9 Å². The van der Waals surface area contributed by atoms with Gasteiger partial charge in [0.2, 0.25) is 5.91 Å². The van der Waals surface area contributed by atoms with Gasteiger partial charge in [-0.15, -0.1) is 0 Å². The van der Waals surface area contributed by atoms with Crippen LogP contribution < -0.4 is 11.1 Å². The average Bonchev–Trinajstić information content (AvgIpc) is 2.45. The van der Waals surface area contributed by atoms with Crippen LogP contribution in [0.25, 0.3) is 0 Å². The van der Waals surface area contributed by atoms with Crippen LogP contribution in [0.2, 0.25) is 0 Å². The van der Waals surface area contributed by atoms with Gasteiger partial charge in [0, 0.05) is 17.1 Å². The van der Waals surface area contributed by atoms with E-state index in [0.29, 0.717) is 11.3 Å². The largest absolute Gasteiger partial charge is 0.480 e. The number of alkyl carbamates (subject to hydrolysis) is 1. The van der Waals surface area contributed by atoms with E-state index in [0.717, 1.165) is 11.1 Å². The van der Waals surface area contributed by atoms with Crippen LogP contribution in [0.5, 0.6) is 0 Å². The summed E-state index contributed by atoms with van der Waals surface area (Å²) in [6, 6.07) is 4.08. The number of primary amides is 1. The van der Waals surface area contributed by atoms with Crippen LogP contribution in [0.3, 0.4) is 0 Å². The molecule has 1 atom stereocenters. The summed E-state index contributed by atoms with van der Waals surface area (Å²) in [5, 5.41) is 11.6. The predicted molar refractivity (Wildman–Crippen MR) is 96.7 cm³/mol. The minimum absolute atomic E-state index is 0.186. The minimum Gasteiger partial charge on any atom is -0.480 e. The smallest absolute Gasteiger partial charge is 0.408 e. The van der Waals surface area contributed by atoms with E-state index in [4.69, 9.17) is 10.5 Å². The summed E-state index contributed by atoms with van der Waals surface area (Å²) < 4.78 is 5.07. The Hall–Kier alpha value is -2.22. The maximum Gasteiger partial charge on any atom is 0.408 e. The van der Waals surface area contributed by atoms with Gasteiger partial charge >= 0.3 is 12.1 Å². The van der Waals surface area contributed by atoms with Gasteiger partial charge in [-0.25, -0.2) is 9.59 Å². The molecular weight excluding hydrogens is 344 g/mol. The van der Waals surface area contributed by atoms with E-state index in [-0.39, 0.29) is 5.75 Å². The van der Waals surface area contributed by atoms with Crippen molar-refractivity contribution in [2.24, 2.45) is 5.73 Å². The van der Waals surface area contributed by atoms with Crippen molar-refractivity contribution in [3.63, 3.8) is 0 Å². The van der Waals surface area contributed by atoms with Crippen molar-refractivity contribution in [3.8, 4) is 0 Å². The van der Waals surface area contributed by atoms with Crippen molar-refractivity contribution in [1.82, 2.24) is 5.32 Å². The lowest BCUT2D eigenvalue weighted by molar-refractivity contribution is -0.138.